The Morgan fingerprint density at radius 1 is 0.926 bits per heavy atom. The van der Waals surface area contributed by atoms with Gasteiger partial charge in [-0.2, -0.15) is 0 Å². The van der Waals surface area contributed by atoms with Gasteiger partial charge in [0, 0.05) is 29.8 Å². The summed E-state index contributed by atoms with van der Waals surface area (Å²) in [6, 6.07) is 13.0. The van der Waals surface area contributed by atoms with E-state index >= 15 is 0 Å². The zero-order chi connectivity index (χ0) is 19.2. The largest absolute Gasteiger partial charge is 0.493 e. The Kier molecular flexibility index (Phi) is 5.51. The molecule has 0 atom stereocenters. The van der Waals surface area contributed by atoms with Gasteiger partial charge in [-0.25, -0.2) is 9.97 Å². The van der Waals surface area contributed by atoms with Crippen LogP contribution in [-0.2, 0) is 0 Å². The minimum atomic E-state index is -0.315. The number of hydrogen-bond donors (Lipinski definition) is 2. The number of rotatable bonds is 6. The van der Waals surface area contributed by atoms with Crippen molar-refractivity contribution >= 4 is 23.2 Å². The Balaban J connectivity index is 1.68. The first-order valence-electron chi connectivity index (χ1n) is 8.28. The minimum Gasteiger partial charge on any atom is -0.493 e. The Hall–Kier alpha value is -3.61. The molecule has 0 bridgehead atoms. The van der Waals surface area contributed by atoms with Crippen LogP contribution in [0.25, 0.3) is 0 Å². The number of carbonyl (C=O) groups excluding carboxylic acids is 1. The van der Waals surface area contributed by atoms with E-state index in [1.165, 1.54) is 19.5 Å². The van der Waals surface area contributed by atoms with Crippen molar-refractivity contribution in [2.24, 2.45) is 0 Å². The first kappa shape index (κ1) is 18.2. The lowest BCUT2D eigenvalue weighted by Gasteiger charge is -2.10. The molecule has 138 valence electrons. The fourth-order valence-electron chi connectivity index (χ4n) is 2.48. The number of methoxy groups -OCH3 is 2. The topological polar surface area (TPSA) is 85.4 Å². The van der Waals surface area contributed by atoms with Crippen molar-refractivity contribution in [3.8, 4) is 11.5 Å². The van der Waals surface area contributed by atoms with Crippen molar-refractivity contribution in [3.05, 3.63) is 66.0 Å². The van der Waals surface area contributed by atoms with Crippen molar-refractivity contribution in [1.82, 2.24) is 9.97 Å². The number of nitrogens with one attached hydrogen (secondary N) is 2. The van der Waals surface area contributed by atoms with Crippen LogP contribution in [-0.4, -0.2) is 30.1 Å². The first-order chi connectivity index (χ1) is 13.1. The highest BCUT2D eigenvalue weighted by molar-refractivity contribution is 6.04. The summed E-state index contributed by atoms with van der Waals surface area (Å²) in [4.78, 5) is 20.8. The molecular formula is C20H20N4O3. The van der Waals surface area contributed by atoms with Crippen molar-refractivity contribution in [3.63, 3.8) is 0 Å². The van der Waals surface area contributed by atoms with Gasteiger partial charge in [0.15, 0.2) is 11.5 Å². The van der Waals surface area contributed by atoms with Gasteiger partial charge in [-0.3, -0.25) is 4.79 Å². The molecule has 3 aromatic rings. The van der Waals surface area contributed by atoms with Gasteiger partial charge in [0.05, 0.1) is 19.8 Å². The van der Waals surface area contributed by atoms with Gasteiger partial charge in [0.1, 0.15) is 0 Å². The molecule has 0 spiro atoms. The summed E-state index contributed by atoms with van der Waals surface area (Å²) in [5.74, 6) is 1.22. The highest BCUT2D eigenvalue weighted by Crippen LogP contribution is 2.29. The number of aromatic nitrogens is 2. The Labute approximate surface area is 157 Å². The molecule has 0 saturated carbocycles. The quantitative estimate of drug-likeness (QED) is 0.692. The summed E-state index contributed by atoms with van der Waals surface area (Å²) in [5, 5.41) is 5.89. The van der Waals surface area contributed by atoms with Crippen LogP contribution in [0.2, 0.25) is 0 Å². The van der Waals surface area contributed by atoms with Gasteiger partial charge in [0.2, 0.25) is 5.95 Å². The van der Waals surface area contributed by atoms with E-state index in [4.69, 9.17) is 9.47 Å². The number of nitrogens with zero attached hydrogens (tertiary/aromatic N) is 2. The lowest BCUT2D eigenvalue weighted by atomic mass is 10.2. The lowest BCUT2D eigenvalue weighted by Crippen LogP contribution is -2.13. The van der Waals surface area contributed by atoms with E-state index in [1.807, 2.05) is 31.2 Å². The Morgan fingerprint density at radius 2 is 1.67 bits per heavy atom. The highest BCUT2D eigenvalue weighted by atomic mass is 16.5. The second-order valence-electron chi connectivity index (χ2n) is 5.81. The zero-order valence-corrected chi connectivity index (χ0v) is 15.3. The molecule has 0 aliphatic heterocycles. The predicted octanol–water partition coefficient (Wildman–Crippen LogP) is 3.80. The molecular weight excluding hydrogens is 344 g/mol. The second kappa shape index (κ2) is 8.18. The molecule has 1 heterocycles. The molecule has 7 nitrogen and oxygen atoms in total. The first-order valence-corrected chi connectivity index (χ1v) is 8.28. The number of amides is 1. The lowest BCUT2D eigenvalue weighted by molar-refractivity contribution is 0.102. The SMILES string of the molecule is COc1ccc(NC(=O)c2cnc(Nc3cccc(C)c3)nc2)cc1OC. The molecule has 0 saturated heterocycles. The van der Waals surface area contributed by atoms with Gasteiger partial charge in [-0.1, -0.05) is 12.1 Å². The van der Waals surface area contributed by atoms with Crippen LogP contribution in [0, 0.1) is 6.92 Å². The third-order valence-electron chi connectivity index (χ3n) is 3.83. The maximum Gasteiger partial charge on any atom is 0.258 e. The van der Waals surface area contributed by atoms with Crippen LogP contribution < -0.4 is 20.1 Å². The third-order valence-corrected chi connectivity index (χ3v) is 3.83. The van der Waals surface area contributed by atoms with E-state index in [-0.39, 0.29) is 5.91 Å². The van der Waals surface area contributed by atoms with E-state index in [0.29, 0.717) is 28.7 Å². The number of ether oxygens (including phenoxy) is 2. The monoisotopic (exact) mass is 364 g/mol. The third kappa shape index (κ3) is 4.52. The number of carbonyl (C=O) groups is 1. The second-order valence-corrected chi connectivity index (χ2v) is 5.81. The molecule has 27 heavy (non-hydrogen) atoms. The van der Waals surface area contributed by atoms with Crippen molar-refractivity contribution in [2.45, 2.75) is 6.92 Å². The summed E-state index contributed by atoms with van der Waals surface area (Å²) in [6.07, 6.45) is 2.95. The summed E-state index contributed by atoms with van der Waals surface area (Å²) in [7, 11) is 3.09. The van der Waals surface area contributed by atoms with Gasteiger partial charge in [-0.15, -0.1) is 0 Å². The molecule has 2 N–H and O–H groups in total. The van der Waals surface area contributed by atoms with Crippen LogP contribution in [0.1, 0.15) is 15.9 Å². The summed E-state index contributed by atoms with van der Waals surface area (Å²) < 4.78 is 10.4. The van der Waals surface area contributed by atoms with Gasteiger partial charge in [-0.05, 0) is 36.8 Å². The molecule has 7 heteroatoms. The van der Waals surface area contributed by atoms with Gasteiger partial charge in [0.25, 0.3) is 5.91 Å². The van der Waals surface area contributed by atoms with Crippen LogP contribution in [0.5, 0.6) is 11.5 Å². The predicted molar refractivity (Wildman–Crippen MR) is 104 cm³/mol. The average molecular weight is 364 g/mol. The summed E-state index contributed by atoms with van der Waals surface area (Å²) in [5.41, 5.74) is 2.95. The standard InChI is InChI=1S/C20H20N4O3/c1-13-5-4-6-15(9-13)24-20-21-11-14(12-22-20)19(25)23-16-7-8-17(26-2)18(10-16)27-3/h4-12H,1-3H3,(H,23,25)(H,21,22,24). The van der Waals surface area contributed by atoms with Gasteiger partial charge >= 0.3 is 0 Å². The number of benzene rings is 2. The summed E-state index contributed by atoms with van der Waals surface area (Å²) in [6.45, 7) is 2.01. The van der Waals surface area contributed by atoms with Crippen molar-refractivity contribution in [2.75, 3.05) is 24.9 Å². The van der Waals surface area contributed by atoms with E-state index < -0.39 is 0 Å². The molecule has 0 fully saturated rings. The number of anilines is 3. The van der Waals surface area contributed by atoms with E-state index in [1.54, 1.807) is 25.3 Å². The number of hydrogen-bond acceptors (Lipinski definition) is 6. The van der Waals surface area contributed by atoms with E-state index in [9.17, 15) is 4.79 Å². The van der Waals surface area contributed by atoms with Crippen LogP contribution in [0.3, 0.4) is 0 Å². The van der Waals surface area contributed by atoms with Crippen molar-refractivity contribution < 1.29 is 14.3 Å². The molecule has 0 aliphatic rings. The van der Waals surface area contributed by atoms with E-state index in [0.717, 1.165) is 11.3 Å². The molecule has 2 aromatic carbocycles. The Morgan fingerprint density at radius 3 is 2.33 bits per heavy atom. The minimum absolute atomic E-state index is 0.315. The van der Waals surface area contributed by atoms with E-state index in [2.05, 4.69) is 20.6 Å². The van der Waals surface area contributed by atoms with Gasteiger partial charge < -0.3 is 20.1 Å². The molecule has 3 rings (SSSR count). The zero-order valence-electron chi connectivity index (χ0n) is 15.3. The molecule has 1 aromatic heterocycles. The maximum absolute atomic E-state index is 12.4. The van der Waals surface area contributed by atoms with Crippen LogP contribution in [0.4, 0.5) is 17.3 Å². The Bertz CT molecular complexity index is 942. The average Bonchev–Trinajstić information content (AvgIpc) is 2.68. The summed E-state index contributed by atoms with van der Waals surface area (Å²) >= 11 is 0. The van der Waals surface area contributed by atoms with Crippen LogP contribution in [0.15, 0.2) is 54.9 Å². The fourth-order valence-corrected chi connectivity index (χ4v) is 2.48. The highest BCUT2D eigenvalue weighted by Gasteiger charge is 2.10. The maximum atomic E-state index is 12.4. The van der Waals surface area contributed by atoms with Crippen LogP contribution >= 0.6 is 0 Å². The van der Waals surface area contributed by atoms with Crippen molar-refractivity contribution in [1.29, 1.82) is 0 Å². The number of aryl methyl sites for hydroxylation is 1. The molecule has 1 amide bonds. The molecule has 0 radical (unpaired) electrons. The normalized spacial score (nSPS) is 10.2. The fraction of sp³-hybridized carbons (Fsp3) is 0.150. The molecule has 0 unspecified atom stereocenters. The smallest absolute Gasteiger partial charge is 0.258 e. The molecule has 0 aliphatic carbocycles.